The molecule has 0 saturated carbocycles. The van der Waals surface area contributed by atoms with Gasteiger partial charge in [0.2, 0.25) is 0 Å². The summed E-state index contributed by atoms with van der Waals surface area (Å²) in [5, 5.41) is 0. The molecule has 0 bridgehead atoms. The second kappa shape index (κ2) is 7.63. The Balaban J connectivity index is 0.00000144. The van der Waals surface area contributed by atoms with Crippen LogP contribution in [-0.4, -0.2) is 15.8 Å². The van der Waals surface area contributed by atoms with E-state index < -0.39 is 0 Å². The molecule has 4 heteroatoms. The van der Waals surface area contributed by atoms with Gasteiger partial charge in [-0.2, -0.15) is 11.8 Å². The first-order chi connectivity index (χ1) is 5.88. The molecule has 78 valence electrons. The zero-order chi connectivity index (χ0) is 8.81. The van der Waals surface area contributed by atoms with Crippen molar-refractivity contribution in [1.29, 1.82) is 0 Å². The summed E-state index contributed by atoms with van der Waals surface area (Å²) in [5.74, 6) is 2.23. The van der Waals surface area contributed by atoms with E-state index in [2.05, 4.69) is 28.9 Å². The van der Waals surface area contributed by atoms with Gasteiger partial charge in [-0.05, 0) is 12.7 Å². The van der Waals surface area contributed by atoms with Gasteiger partial charge in [0.1, 0.15) is 5.82 Å². The normalized spacial score (nSPS) is 9.69. The number of nitrogens with zero attached hydrogens (tertiary/aromatic N) is 2. The van der Waals surface area contributed by atoms with Crippen molar-refractivity contribution in [3.05, 3.63) is 18.2 Å². The fourth-order valence-electron chi connectivity index (χ4n) is 1.14. The molecule has 0 saturated heterocycles. The number of aryl methyl sites for hydroxylation is 1. The van der Waals surface area contributed by atoms with Crippen molar-refractivity contribution in [1.82, 2.24) is 9.55 Å². The van der Waals surface area contributed by atoms with Crippen LogP contribution < -0.4 is 0 Å². The van der Waals surface area contributed by atoms with Gasteiger partial charge in [0, 0.05) is 40.0 Å². The second-order valence-corrected chi connectivity index (χ2v) is 3.69. The Hall–Kier alpha value is 0.248. The molecule has 2 nitrogen and oxygen atoms in total. The first-order valence-electron chi connectivity index (χ1n) is 4.37. The van der Waals surface area contributed by atoms with E-state index in [0.717, 1.165) is 12.3 Å². The molecule has 0 aliphatic carbocycles. The van der Waals surface area contributed by atoms with Crippen LogP contribution in [0.4, 0.5) is 0 Å². The van der Waals surface area contributed by atoms with Crippen LogP contribution in [0, 0.1) is 0 Å². The number of imidazole rings is 1. The number of unbranched alkanes of at least 4 members (excludes halogenated alkanes) is 1. The standard InChI is InChI=1S/C9H16N2S.Pt/c1-3-4-6-11-7-5-10-9(11)8-12-2;/h5,7H,3-4,6,8H2,1-2H3;. The summed E-state index contributed by atoms with van der Waals surface area (Å²) in [6.07, 6.45) is 8.57. The zero-order valence-corrected chi connectivity index (χ0v) is 11.2. The van der Waals surface area contributed by atoms with Gasteiger partial charge in [-0.15, -0.1) is 0 Å². The summed E-state index contributed by atoms with van der Waals surface area (Å²) in [6.45, 7) is 3.33. The molecular weight excluding hydrogens is 363 g/mol. The van der Waals surface area contributed by atoms with Gasteiger partial charge < -0.3 is 4.57 Å². The maximum atomic E-state index is 4.30. The average Bonchev–Trinajstić information content (AvgIpc) is 2.50. The number of rotatable bonds is 5. The molecule has 0 atom stereocenters. The molecule has 1 heterocycles. The van der Waals surface area contributed by atoms with E-state index in [0.29, 0.717) is 0 Å². The van der Waals surface area contributed by atoms with E-state index in [1.54, 1.807) is 0 Å². The SMILES string of the molecule is CCCCn1ccnc1CSC.[Pt]. The molecule has 0 spiro atoms. The molecule has 0 fully saturated rings. The van der Waals surface area contributed by atoms with Crippen molar-refractivity contribution in [2.75, 3.05) is 6.26 Å². The zero-order valence-electron chi connectivity index (χ0n) is 8.10. The van der Waals surface area contributed by atoms with Crippen LogP contribution in [0.15, 0.2) is 12.4 Å². The number of aromatic nitrogens is 2. The van der Waals surface area contributed by atoms with Gasteiger partial charge in [-0.1, -0.05) is 13.3 Å². The Morgan fingerprint density at radius 1 is 1.54 bits per heavy atom. The van der Waals surface area contributed by atoms with Crippen LogP contribution in [0.5, 0.6) is 0 Å². The van der Waals surface area contributed by atoms with Crippen molar-refractivity contribution in [2.45, 2.75) is 32.1 Å². The molecule has 0 aliphatic rings. The molecule has 0 amide bonds. The minimum absolute atomic E-state index is 0. The van der Waals surface area contributed by atoms with Crippen LogP contribution in [0.1, 0.15) is 25.6 Å². The Morgan fingerprint density at radius 2 is 2.31 bits per heavy atom. The van der Waals surface area contributed by atoms with Crippen molar-refractivity contribution < 1.29 is 21.1 Å². The van der Waals surface area contributed by atoms with Crippen LogP contribution in [-0.2, 0) is 33.4 Å². The fraction of sp³-hybridized carbons (Fsp3) is 0.667. The van der Waals surface area contributed by atoms with Crippen molar-refractivity contribution >= 4 is 11.8 Å². The first-order valence-corrected chi connectivity index (χ1v) is 5.76. The van der Waals surface area contributed by atoms with Crippen LogP contribution in [0.25, 0.3) is 0 Å². The van der Waals surface area contributed by atoms with Crippen molar-refractivity contribution in [3.63, 3.8) is 0 Å². The monoisotopic (exact) mass is 379 g/mol. The Morgan fingerprint density at radius 3 is 2.92 bits per heavy atom. The van der Waals surface area contributed by atoms with Gasteiger partial charge in [0.15, 0.2) is 0 Å². The maximum absolute atomic E-state index is 4.30. The number of thioether (sulfide) groups is 1. The fourth-order valence-corrected chi connectivity index (χ4v) is 1.64. The molecule has 0 unspecified atom stereocenters. The number of hydrogen-bond acceptors (Lipinski definition) is 2. The Kier molecular flexibility index (Phi) is 7.78. The van der Waals surface area contributed by atoms with Gasteiger partial charge in [-0.25, -0.2) is 4.98 Å². The number of hydrogen-bond donors (Lipinski definition) is 0. The van der Waals surface area contributed by atoms with Crippen molar-refractivity contribution in [3.8, 4) is 0 Å². The Bertz CT molecular complexity index is 225. The van der Waals surface area contributed by atoms with Crippen LogP contribution in [0.2, 0.25) is 0 Å². The largest absolute Gasteiger partial charge is 0.334 e. The second-order valence-electron chi connectivity index (χ2n) is 2.82. The maximum Gasteiger partial charge on any atom is 0.118 e. The molecule has 1 aromatic heterocycles. The van der Waals surface area contributed by atoms with E-state index in [1.165, 1.54) is 18.7 Å². The quantitative estimate of drug-likeness (QED) is 0.783. The summed E-state index contributed by atoms with van der Waals surface area (Å²) in [5.41, 5.74) is 0. The summed E-state index contributed by atoms with van der Waals surface area (Å²) >= 11 is 1.82. The van der Waals surface area contributed by atoms with Gasteiger partial charge in [0.05, 0.1) is 5.75 Å². The molecule has 0 aromatic carbocycles. The smallest absolute Gasteiger partial charge is 0.118 e. The first kappa shape index (κ1) is 13.2. The van der Waals surface area contributed by atoms with Crippen LogP contribution in [0.3, 0.4) is 0 Å². The van der Waals surface area contributed by atoms with E-state index in [1.807, 2.05) is 18.0 Å². The van der Waals surface area contributed by atoms with Crippen molar-refractivity contribution in [2.24, 2.45) is 0 Å². The molecular formula is C9H16N2PtS. The molecule has 0 N–H and O–H groups in total. The molecule has 13 heavy (non-hydrogen) atoms. The van der Waals surface area contributed by atoms with Gasteiger partial charge in [-0.3, -0.25) is 0 Å². The van der Waals surface area contributed by atoms with E-state index >= 15 is 0 Å². The summed E-state index contributed by atoms with van der Waals surface area (Å²) < 4.78 is 2.25. The Labute approximate surface area is 98.8 Å². The van der Waals surface area contributed by atoms with E-state index in [4.69, 9.17) is 0 Å². The van der Waals surface area contributed by atoms with Crippen LogP contribution >= 0.6 is 11.8 Å². The summed E-state index contributed by atoms with van der Waals surface area (Å²) in [7, 11) is 0. The topological polar surface area (TPSA) is 17.8 Å². The van der Waals surface area contributed by atoms with Gasteiger partial charge >= 0.3 is 0 Å². The summed E-state index contributed by atoms with van der Waals surface area (Å²) in [6, 6.07) is 0. The average molecular weight is 379 g/mol. The van der Waals surface area contributed by atoms with E-state index in [-0.39, 0.29) is 21.1 Å². The third-order valence-electron chi connectivity index (χ3n) is 1.83. The summed E-state index contributed by atoms with van der Waals surface area (Å²) in [4.78, 5) is 4.30. The molecule has 0 aliphatic heterocycles. The third-order valence-corrected chi connectivity index (χ3v) is 2.37. The molecule has 1 aromatic rings. The van der Waals surface area contributed by atoms with E-state index in [9.17, 15) is 0 Å². The minimum atomic E-state index is 0. The predicted molar refractivity (Wildman–Crippen MR) is 54.4 cm³/mol. The third kappa shape index (κ3) is 4.32. The molecule has 1 rings (SSSR count). The molecule has 0 radical (unpaired) electrons. The minimum Gasteiger partial charge on any atom is -0.334 e. The predicted octanol–water partition coefficient (Wildman–Crippen LogP) is 2.54. The van der Waals surface area contributed by atoms with Gasteiger partial charge in [0.25, 0.3) is 0 Å².